The summed E-state index contributed by atoms with van der Waals surface area (Å²) in [5.41, 5.74) is 1.40. The van der Waals surface area contributed by atoms with Crippen molar-refractivity contribution in [1.82, 2.24) is 20.2 Å². The molecular weight excluding hydrogens is 212 g/mol. The summed E-state index contributed by atoms with van der Waals surface area (Å²) in [5.74, 6) is -0.883. The minimum absolute atomic E-state index is 0.0283. The number of nitrogens with zero attached hydrogens (tertiary/aromatic N) is 3. The number of likely N-dealkylation sites (N-methyl/N-ethyl adjacent to an activating group) is 1. The third-order valence-electron chi connectivity index (χ3n) is 2.97. The van der Waals surface area contributed by atoms with Gasteiger partial charge >= 0.3 is 6.03 Å². The summed E-state index contributed by atoms with van der Waals surface area (Å²) in [5, 5.41) is 8.47. The van der Waals surface area contributed by atoms with Gasteiger partial charge in [-0.15, -0.1) is 0 Å². The molecular formula is C9H16N4O3. The molecule has 7 nitrogen and oxygen atoms in total. The molecule has 0 bridgehead atoms. The van der Waals surface area contributed by atoms with Crippen LogP contribution in [0.25, 0.3) is 0 Å². The van der Waals surface area contributed by atoms with E-state index >= 15 is 0 Å². The van der Waals surface area contributed by atoms with E-state index < -0.39 is 12.4 Å². The van der Waals surface area contributed by atoms with Crippen molar-refractivity contribution in [2.24, 2.45) is 0 Å². The first-order valence-corrected chi connectivity index (χ1v) is 5.16. The van der Waals surface area contributed by atoms with Gasteiger partial charge < -0.3 is 14.7 Å². The largest absolute Gasteiger partial charge is 0.320 e. The quantitative estimate of drug-likeness (QED) is 0.449. The number of amides is 3. The van der Waals surface area contributed by atoms with E-state index in [0.29, 0.717) is 13.1 Å². The Balaban J connectivity index is 2.07. The van der Waals surface area contributed by atoms with E-state index in [0.717, 1.165) is 13.1 Å². The normalized spacial score (nSPS) is 28.8. The van der Waals surface area contributed by atoms with Gasteiger partial charge in [-0.3, -0.25) is 10.0 Å². The molecule has 90 valence electrons. The fourth-order valence-electron chi connectivity index (χ4n) is 2.17. The molecule has 2 rings (SSSR count). The Labute approximate surface area is 95.0 Å². The highest BCUT2D eigenvalue weighted by molar-refractivity contribution is 5.84. The molecule has 2 unspecified atom stereocenters. The lowest BCUT2D eigenvalue weighted by Gasteiger charge is -2.33. The van der Waals surface area contributed by atoms with Crippen molar-refractivity contribution in [1.29, 1.82) is 0 Å². The van der Waals surface area contributed by atoms with Crippen LogP contribution < -0.4 is 5.48 Å². The molecule has 0 aromatic carbocycles. The average Bonchev–Trinajstić information content (AvgIpc) is 2.64. The number of carbonyl (C=O) groups is 2. The highest BCUT2D eigenvalue weighted by Gasteiger charge is 2.40. The van der Waals surface area contributed by atoms with Crippen molar-refractivity contribution in [3.63, 3.8) is 0 Å². The molecule has 0 radical (unpaired) electrons. The van der Waals surface area contributed by atoms with E-state index in [4.69, 9.17) is 6.58 Å². The number of carbonyl (C=O) groups excluding carboxylic acids is 2. The van der Waals surface area contributed by atoms with Crippen LogP contribution in [0.1, 0.15) is 1.37 Å². The maximum Gasteiger partial charge on any atom is 0.320 e. The molecule has 2 aliphatic heterocycles. The second kappa shape index (κ2) is 4.26. The van der Waals surface area contributed by atoms with Gasteiger partial charge in [-0.25, -0.2) is 10.3 Å². The van der Waals surface area contributed by atoms with Crippen LogP contribution >= 0.6 is 0 Å². The third-order valence-corrected chi connectivity index (χ3v) is 2.97. The molecule has 0 aliphatic carbocycles. The highest BCUT2D eigenvalue weighted by atomic mass is 16.5. The first kappa shape index (κ1) is 9.86. The summed E-state index contributed by atoms with van der Waals surface area (Å²) >= 11 is 0. The summed E-state index contributed by atoms with van der Waals surface area (Å²) in [6, 6.07) is -0.271. The van der Waals surface area contributed by atoms with E-state index in [1.165, 1.54) is 10.4 Å². The molecule has 2 saturated heterocycles. The molecule has 2 fully saturated rings. The van der Waals surface area contributed by atoms with E-state index in [9.17, 15) is 9.59 Å². The van der Waals surface area contributed by atoms with Gasteiger partial charge in [0, 0.05) is 26.2 Å². The molecule has 7 heteroatoms. The van der Waals surface area contributed by atoms with Crippen LogP contribution in [0.2, 0.25) is 0 Å². The summed E-state index contributed by atoms with van der Waals surface area (Å²) in [6.07, 6.45) is 0. The van der Waals surface area contributed by atoms with Gasteiger partial charge in [-0.05, 0) is 7.05 Å². The van der Waals surface area contributed by atoms with E-state index in [-0.39, 0.29) is 12.1 Å². The molecule has 0 aromatic rings. The van der Waals surface area contributed by atoms with Gasteiger partial charge in [-0.2, -0.15) is 0 Å². The summed E-state index contributed by atoms with van der Waals surface area (Å²) in [7, 11) is 1.98. The minimum Gasteiger partial charge on any atom is -0.317 e. The molecule has 2 heterocycles. The Morgan fingerprint density at radius 2 is 2.38 bits per heavy atom. The van der Waals surface area contributed by atoms with Crippen LogP contribution in [0.15, 0.2) is 0 Å². The number of hydrogen-bond donors (Lipinski definition) is 2. The number of hydrogen-bond acceptors (Lipinski definition) is 4. The van der Waals surface area contributed by atoms with Gasteiger partial charge in [0.2, 0.25) is 0 Å². The number of hydroxylamine groups is 1. The molecule has 2 N–H and O–H groups in total. The van der Waals surface area contributed by atoms with Crippen LogP contribution in [0.4, 0.5) is 4.79 Å². The average molecular weight is 230 g/mol. The monoisotopic (exact) mass is 230 g/mol. The zero-order chi connectivity index (χ0) is 12.6. The van der Waals surface area contributed by atoms with Crippen LogP contribution in [0.3, 0.4) is 0 Å². The Kier molecular flexibility index (Phi) is 2.63. The second-order valence-electron chi connectivity index (χ2n) is 4.15. The summed E-state index contributed by atoms with van der Waals surface area (Å²) in [4.78, 5) is 28.1. The SMILES string of the molecule is [3H]C(C(=O)NO)N1CC2CN(C)CCN2C1=O. The maximum atomic E-state index is 12.0. The van der Waals surface area contributed by atoms with Crippen molar-refractivity contribution >= 4 is 11.9 Å². The van der Waals surface area contributed by atoms with Crippen molar-refractivity contribution in [3.05, 3.63) is 0 Å². The number of nitrogens with one attached hydrogen (secondary N) is 1. The fraction of sp³-hybridized carbons (Fsp3) is 0.778. The Morgan fingerprint density at radius 3 is 3.06 bits per heavy atom. The zero-order valence-electron chi connectivity index (χ0n) is 10.1. The van der Waals surface area contributed by atoms with Gasteiger partial charge in [0.25, 0.3) is 5.91 Å². The standard InChI is InChI=1S/C9H16N4O3/c1-11-2-3-13-7(4-11)5-12(9(13)15)6-8(14)10-16/h7,16H,2-6H2,1H3,(H,10,14)/i6T. The van der Waals surface area contributed by atoms with E-state index in [1.807, 2.05) is 7.05 Å². The number of piperazine rings is 1. The lowest BCUT2D eigenvalue weighted by atomic mass is 10.2. The lowest BCUT2D eigenvalue weighted by molar-refractivity contribution is -0.129. The molecule has 0 aromatic heterocycles. The fourth-order valence-corrected chi connectivity index (χ4v) is 2.17. The Hall–Kier alpha value is -1.34. The van der Waals surface area contributed by atoms with Gasteiger partial charge in [0.05, 0.1) is 7.41 Å². The summed E-state index contributed by atoms with van der Waals surface area (Å²) in [6.45, 7) is 1.12. The van der Waals surface area contributed by atoms with Crippen LogP contribution in [-0.2, 0) is 4.79 Å². The maximum absolute atomic E-state index is 12.0. The number of fused-ring (bicyclic) bond motifs is 1. The molecule has 16 heavy (non-hydrogen) atoms. The third kappa shape index (κ3) is 1.96. The summed E-state index contributed by atoms with van der Waals surface area (Å²) < 4.78 is 7.60. The molecule has 3 amide bonds. The van der Waals surface area contributed by atoms with Gasteiger partial charge in [0.1, 0.15) is 6.52 Å². The number of rotatable bonds is 2. The smallest absolute Gasteiger partial charge is 0.317 e. The van der Waals surface area contributed by atoms with E-state index in [1.54, 1.807) is 4.90 Å². The van der Waals surface area contributed by atoms with Crippen LogP contribution in [-0.4, -0.2) is 77.6 Å². The minimum atomic E-state index is -1.39. The highest BCUT2D eigenvalue weighted by Crippen LogP contribution is 2.19. The van der Waals surface area contributed by atoms with E-state index in [2.05, 4.69) is 4.90 Å². The Bertz CT molecular complexity index is 340. The van der Waals surface area contributed by atoms with Crippen molar-refractivity contribution in [3.8, 4) is 0 Å². The van der Waals surface area contributed by atoms with Crippen molar-refractivity contribution in [2.75, 3.05) is 39.7 Å². The molecule has 2 atom stereocenters. The molecule has 0 saturated carbocycles. The second-order valence-corrected chi connectivity index (χ2v) is 4.15. The predicted octanol–water partition coefficient (Wildman–Crippen LogP) is -1.46. The predicted molar refractivity (Wildman–Crippen MR) is 54.9 cm³/mol. The van der Waals surface area contributed by atoms with Gasteiger partial charge in [-0.1, -0.05) is 0 Å². The van der Waals surface area contributed by atoms with Crippen molar-refractivity contribution in [2.45, 2.75) is 6.04 Å². The zero-order valence-corrected chi connectivity index (χ0v) is 9.09. The lowest BCUT2D eigenvalue weighted by Crippen LogP contribution is -2.50. The van der Waals surface area contributed by atoms with Gasteiger partial charge in [0.15, 0.2) is 0 Å². The van der Waals surface area contributed by atoms with Crippen LogP contribution in [0.5, 0.6) is 0 Å². The number of urea groups is 1. The van der Waals surface area contributed by atoms with Crippen LogP contribution in [0, 0.1) is 0 Å². The first-order valence-electron chi connectivity index (χ1n) is 5.74. The topological polar surface area (TPSA) is 76.1 Å². The Morgan fingerprint density at radius 1 is 1.62 bits per heavy atom. The molecule has 2 aliphatic rings. The molecule has 0 spiro atoms. The first-order chi connectivity index (χ1) is 8.04. The van der Waals surface area contributed by atoms with Crippen molar-refractivity contribution < 1.29 is 16.2 Å².